The van der Waals surface area contributed by atoms with Gasteiger partial charge in [0.25, 0.3) is 5.91 Å². The maximum atomic E-state index is 12.2. The molecule has 36 heavy (non-hydrogen) atoms. The van der Waals surface area contributed by atoms with Gasteiger partial charge in [-0.2, -0.15) is 0 Å². The van der Waals surface area contributed by atoms with E-state index in [1.54, 1.807) is 6.92 Å². The van der Waals surface area contributed by atoms with Crippen LogP contribution >= 0.6 is 0 Å². The van der Waals surface area contributed by atoms with E-state index >= 15 is 0 Å². The largest absolute Gasteiger partial charge is 0.480 e. The minimum absolute atomic E-state index is 0.114. The van der Waals surface area contributed by atoms with Gasteiger partial charge in [-0.05, 0) is 86.5 Å². The molecule has 4 aliphatic carbocycles. The number of amides is 1. The number of rotatable bonds is 7. The second kappa shape index (κ2) is 9.85. The molecule has 0 aromatic heterocycles. The lowest BCUT2D eigenvalue weighted by Crippen LogP contribution is -2.54. The van der Waals surface area contributed by atoms with E-state index in [0.29, 0.717) is 30.6 Å². The van der Waals surface area contributed by atoms with Gasteiger partial charge in [-0.15, -0.1) is 6.42 Å². The van der Waals surface area contributed by atoms with Gasteiger partial charge < -0.3 is 20.4 Å². The summed E-state index contributed by atoms with van der Waals surface area (Å²) in [5.41, 5.74) is 1.20. The third kappa shape index (κ3) is 4.36. The molecule has 0 aliphatic heterocycles. The van der Waals surface area contributed by atoms with E-state index in [9.17, 15) is 19.8 Å². The summed E-state index contributed by atoms with van der Waals surface area (Å²) in [6, 6.07) is -0.930. The van der Waals surface area contributed by atoms with Crippen LogP contribution in [0.4, 0.5) is 0 Å². The Morgan fingerprint density at radius 2 is 1.94 bits per heavy atom. The maximum absolute atomic E-state index is 12.2. The van der Waals surface area contributed by atoms with Crippen LogP contribution in [0, 0.1) is 46.8 Å². The van der Waals surface area contributed by atoms with E-state index in [-0.39, 0.29) is 23.4 Å². The van der Waals surface area contributed by atoms with Gasteiger partial charge in [0.15, 0.2) is 6.61 Å². The van der Waals surface area contributed by atoms with Crippen molar-refractivity contribution in [3.8, 4) is 12.3 Å². The molecule has 8 atom stereocenters. The molecule has 5 unspecified atom stereocenters. The first-order valence-electron chi connectivity index (χ1n) is 13.6. The fourth-order valence-electron chi connectivity index (χ4n) is 7.97. The summed E-state index contributed by atoms with van der Waals surface area (Å²) in [5.74, 6) is 2.70. The lowest BCUT2D eigenvalue weighted by Gasteiger charge is -2.58. The molecule has 0 aromatic carbocycles. The molecule has 7 heteroatoms. The molecule has 4 aliphatic rings. The van der Waals surface area contributed by atoms with Crippen molar-refractivity contribution in [2.75, 3.05) is 6.61 Å². The molecule has 0 saturated heterocycles. The fraction of sp³-hybridized carbons (Fsp3) is 0.759. The van der Waals surface area contributed by atoms with Crippen LogP contribution in [-0.2, 0) is 14.4 Å². The molecule has 0 spiro atoms. The summed E-state index contributed by atoms with van der Waals surface area (Å²) >= 11 is 0. The quantitative estimate of drug-likeness (QED) is 0.358. The number of nitrogens with zero attached hydrogens (tertiary/aromatic N) is 1. The monoisotopic (exact) mass is 498 g/mol. The summed E-state index contributed by atoms with van der Waals surface area (Å²) in [4.78, 5) is 29.0. The second-order valence-electron chi connectivity index (χ2n) is 12.1. The predicted molar refractivity (Wildman–Crippen MR) is 138 cm³/mol. The van der Waals surface area contributed by atoms with Crippen LogP contribution < -0.4 is 5.32 Å². The van der Waals surface area contributed by atoms with Gasteiger partial charge in [-0.25, -0.2) is 4.79 Å². The zero-order valence-electron chi connectivity index (χ0n) is 22.2. The minimum atomic E-state index is -1.04. The van der Waals surface area contributed by atoms with Crippen molar-refractivity contribution in [3.63, 3.8) is 0 Å². The number of terminal acetylenes is 1. The normalized spacial score (nSPS) is 40.1. The van der Waals surface area contributed by atoms with Gasteiger partial charge in [-0.1, -0.05) is 50.8 Å². The van der Waals surface area contributed by atoms with Crippen molar-refractivity contribution in [2.45, 2.75) is 97.1 Å². The molecular weight excluding hydrogens is 456 g/mol. The first-order chi connectivity index (χ1) is 17.0. The highest BCUT2D eigenvalue weighted by Gasteiger charge is 2.63. The zero-order chi connectivity index (χ0) is 26.3. The third-order valence-electron chi connectivity index (χ3n) is 10.5. The van der Waals surface area contributed by atoms with Crippen molar-refractivity contribution >= 4 is 17.6 Å². The van der Waals surface area contributed by atoms with Crippen LogP contribution in [0.15, 0.2) is 16.8 Å². The Balaban J connectivity index is 1.40. The highest BCUT2D eigenvalue weighted by molar-refractivity contribution is 5.96. The molecular formula is C29H42N2O5. The Bertz CT molecular complexity index is 998. The van der Waals surface area contributed by atoms with Crippen molar-refractivity contribution in [1.82, 2.24) is 5.32 Å². The molecule has 1 amide bonds. The summed E-state index contributed by atoms with van der Waals surface area (Å²) in [7, 11) is 0. The van der Waals surface area contributed by atoms with Crippen LogP contribution in [0.2, 0.25) is 0 Å². The van der Waals surface area contributed by atoms with Crippen LogP contribution in [0.25, 0.3) is 0 Å². The van der Waals surface area contributed by atoms with Crippen molar-refractivity contribution < 1.29 is 24.6 Å². The number of aliphatic hydroxyl groups is 1. The molecule has 198 valence electrons. The number of hydrogen-bond donors (Lipinski definition) is 3. The molecule has 3 fully saturated rings. The number of fused-ring (bicyclic) bond motifs is 5. The van der Waals surface area contributed by atoms with Crippen molar-refractivity contribution in [1.29, 1.82) is 0 Å². The number of aliphatic carboxylic acids is 1. The second-order valence-corrected chi connectivity index (χ2v) is 12.1. The molecule has 0 bridgehead atoms. The van der Waals surface area contributed by atoms with Gasteiger partial charge in [-0.3, -0.25) is 4.79 Å². The van der Waals surface area contributed by atoms with Crippen LogP contribution in [0.5, 0.6) is 0 Å². The first-order valence-corrected chi connectivity index (χ1v) is 13.6. The Kier molecular flexibility index (Phi) is 7.31. The Labute approximate surface area is 215 Å². The fourth-order valence-corrected chi connectivity index (χ4v) is 7.97. The molecule has 0 radical (unpaired) electrons. The Hall–Kier alpha value is -2.33. The van der Waals surface area contributed by atoms with Crippen molar-refractivity contribution in [2.24, 2.45) is 39.7 Å². The molecule has 0 aromatic rings. The average Bonchev–Trinajstić information content (AvgIpc) is 3.13. The van der Waals surface area contributed by atoms with E-state index in [1.165, 1.54) is 5.57 Å². The van der Waals surface area contributed by atoms with Gasteiger partial charge in [0.2, 0.25) is 0 Å². The first kappa shape index (κ1) is 26.7. The van der Waals surface area contributed by atoms with E-state index in [0.717, 1.165) is 50.7 Å². The lowest BCUT2D eigenvalue weighted by atomic mass is 9.46. The van der Waals surface area contributed by atoms with E-state index < -0.39 is 23.5 Å². The van der Waals surface area contributed by atoms with Crippen LogP contribution in [-0.4, -0.2) is 46.1 Å². The van der Waals surface area contributed by atoms with Crippen molar-refractivity contribution in [3.05, 3.63) is 11.6 Å². The van der Waals surface area contributed by atoms with E-state index in [4.69, 9.17) is 11.3 Å². The number of carboxylic acid groups (broad SMARTS) is 1. The average molecular weight is 499 g/mol. The summed E-state index contributed by atoms with van der Waals surface area (Å²) in [5, 5.41) is 27.3. The molecule has 7 nitrogen and oxygen atoms in total. The number of oxime groups is 1. The standard InChI is InChI=1S/C29H42N2O5/c1-6-18(3)25(26(33)34)30-24(32)17-36-31-20-10-13-27(4)19(16-20)8-9-21-22(27)11-14-28(5)23(21)12-15-29(28,35)7-2/h2,16,18,21-23,25,35H,6,8-15,17H2,1,3-5H3,(H,30,32)(H,33,34)/t18?,21?,22?,23?,25?,27-,28-,29+/m0/s1. The van der Waals surface area contributed by atoms with E-state index in [1.807, 2.05) is 6.92 Å². The topological polar surface area (TPSA) is 108 Å². The third-order valence-corrected chi connectivity index (χ3v) is 10.5. The highest BCUT2D eigenvalue weighted by atomic mass is 16.6. The van der Waals surface area contributed by atoms with Gasteiger partial charge in [0.1, 0.15) is 11.6 Å². The molecule has 0 heterocycles. The van der Waals surface area contributed by atoms with Gasteiger partial charge >= 0.3 is 5.97 Å². The number of allylic oxidation sites excluding steroid dienone is 2. The SMILES string of the molecule is C#C[C@@]1(O)CCC2C3CCC4=CC(=NOCC(=O)NC(C(=O)O)C(C)CC)CC[C@]4(C)C3CC[C@@]21C. The number of carbonyl (C=O) groups excluding carboxylic acids is 1. The lowest BCUT2D eigenvalue weighted by molar-refractivity contribution is -0.144. The summed E-state index contributed by atoms with van der Waals surface area (Å²) in [6.45, 7) is 8.01. The number of carbonyl (C=O) groups is 2. The minimum Gasteiger partial charge on any atom is -0.480 e. The summed E-state index contributed by atoms with van der Waals surface area (Å²) < 4.78 is 0. The highest BCUT2D eigenvalue weighted by Crippen LogP contribution is 2.67. The van der Waals surface area contributed by atoms with Crippen LogP contribution in [0.1, 0.15) is 85.5 Å². The maximum Gasteiger partial charge on any atom is 0.326 e. The smallest absolute Gasteiger partial charge is 0.326 e. The number of hydrogen-bond acceptors (Lipinski definition) is 5. The van der Waals surface area contributed by atoms with Gasteiger partial charge in [0, 0.05) is 5.41 Å². The Morgan fingerprint density at radius 1 is 1.22 bits per heavy atom. The number of nitrogens with one attached hydrogen (secondary N) is 1. The number of carboxylic acids is 1. The predicted octanol–water partition coefficient (Wildman–Crippen LogP) is 4.30. The molecule has 3 saturated carbocycles. The summed E-state index contributed by atoms with van der Waals surface area (Å²) in [6.07, 6.45) is 16.3. The zero-order valence-corrected chi connectivity index (χ0v) is 22.2. The van der Waals surface area contributed by atoms with Gasteiger partial charge in [0.05, 0.1) is 5.71 Å². The molecule has 3 N–H and O–H groups in total. The van der Waals surface area contributed by atoms with Crippen LogP contribution in [0.3, 0.4) is 0 Å². The Morgan fingerprint density at radius 3 is 2.61 bits per heavy atom. The molecule has 4 rings (SSSR count). The van der Waals surface area contributed by atoms with E-state index in [2.05, 4.69) is 36.3 Å².